The lowest BCUT2D eigenvalue weighted by molar-refractivity contribution is -0.115. The lowest BCUT2D eigenvalue weighted by Gasteiger charge is -2.09. The van der Waals surface area contributed by atoms with Crippen LogP contribution >= 0.6 is 0 Å². The van der Waals surface area contributed by atoms with Gasteiger partial charge in [0.2, 0.25) is 21.8 Å². The average molecular weight is 401 g/mol. The van der Waals surface area contributed by atoms with Gasteiger partial charge in [-0.1, -0.05) is 0 Å². The summed E-state index contributed by atoms with van der Waals surface area (Å²) >= 11 is 0. The summed E-state index contributed by atoms with van der Waals surface area (Å²) in [6.07, 6.45) is 0. The lowest BCUT2D eigenvalue weighted by atomic mass is 10.3. The van der Waals surface area contributed by atoms with Gasteiger partial charge in [0.1, 0.15) is 0 Å². The van der Waals surface area contributed by atoms with E-state index in [1.165, 1.54) is 31.2 Å². The Morgan fingerprint density at radius 1 is 0.926 bits per heavy atom. The molecular formula is C16H14F3N3O4S. The van der Waals surface area contributed by atoms with Gasteiger partial charge in [0.15, 0.2) is 17.5 Å². The fourth-order valence-electron chi connectivity index (χ4n) is 1.98. The minimum atomic E-state index is -4.07. The summed E-state index contributed by atoms with van der Waals surface area (Å²) in [7, 11) is -4.07. The van der Waals surface area contributed by atoms with Crippen LogP contribution in [0.2, 0.25) is 0 Å². The third-order valence-electron chi connectivity index (χ3n) is 3.22. The molecule has 0 aliphatic carbocycles. The smallest absolute Gasteiger partial charge is 0.241 e. The Balaban J connectivity index is 2.01. The van der Waals surface area contributed by atoms with Crippen LogP contribution in [0.15, 0.2) is 41.3 Å². The van der Waals surface area contributed by atoms with Gasteiger partial charge in [-0.3, -0.25) is 9.59 Å². The number of amides is 2. The van der Waals surface area contributed by atoms with Gasteiger partial charge in [-0.25, -0.2) is 26.3 Å². The zero-order chi connectivity index (χ0) is 20.2. The molecule has 0 aromatic heterocycles. The Kier molecular flexibility index (Phi) is 6.18. The van der Waals surface area contributed by atoms with Gasteiger partial charge in [0, 0.05) is 12.6 Å². The molecule has 0 heterocycles. The van der Waals surface area contributed by atoms with Crippen molar-refractivity contribution in [3.05, 3.63) is 53.8 Å². The average Bonchev–Trinajstić information content (AvgIpc) is 2.60. The summed E-state index contributed by atoms with van der Waals surface area (Å²) in [4.78, 5) is 22.5. The van der Waals surface area contributed by atoms with Crippen LogP contribution in [0.3, 0.4) is 0 Å². The molecule has 2 aromatic carbocycles. The van der Waals surface area contributed by atoms with E-state index in [0.29, 0.717) is 11.8 Å². The van der Waals surface area contributed by atoms with E-state index in [1.807, 2.05) is 10.0 Å². The van der Waals surface area contributed by atoms with Crippen LogP contribution in [0.5, 0.6) is 0 Å². The van der Waals surface area contributed by atoms with Crippen molar-refractivity contribution in [2.75, 3.05) is 17.2 Å². The summed E-state index contributed by atoms with van der Waals surface area (Å²) in [6, 6.07) is 6.55. The van der Waals surface area contributed by atoms with Crippen LogP contribution < -0.4 is 15.4 Å². The van der Waals surface area contributed by atoms with Crippen molar-refractivity contribution in [2.45, 2.75) is 11.8 Å². The lowest BCUT2D eigenvalue weighted by Crippen LogP contribution is -2.33. The van der Waals surface area contributed by atoms with Gasteiger partial charge in [-0.05, 0) is 36.4 Å². The number of hydrogen-bond acceptors (Lipinski definition) is 4. The number of carbonyl (C=O) groups is 2. The first-order valence-electron chi connectivity index (χ1n) is 7.41. The topological polar surface area (TPSA) is 104 Å². The summed E-state index contributed by atoms with van der Waals surface area (Å²) in [5, 5.41) is 4.40. The molecule has 3 N–H and O–H groups in total. The second kappa shape index (κ2) is 8.18. The van der Waals surface area contributed by atoms with Gasteiger partial charge in [0.05, 0.1) is 17.1 Å². The number of anilines is 2. The molecule has 0 saturated carbocycles. The monoisotopic (exact) mass is 401 g/mol. The van der Waals surface area contributed by atoms with Crippen LogP contribution in [0.25, 0.3) is 0 Å². The highest BCUT2D eigenvalue weighted by Gasteiger charge is 2.18. The molecule has 0 saturated heterocycles. The molecule has 11 heteroatoms. The van der Waals surface area contributed by atoms with E-state index in [4.69, 9.17) is 0 Å². The maximum atomic E-state index is 13.5. The Morgan fingerprint density at radius 2 is 1.56 bits per heavy atom. The highest BCUT2D eigenvalue weighted by atomic mass is 32.2. The van der Waals surface area contributed by atoms with E-state index < -0.39 is 45.6 Å². The van der Waals surface area contributed by atoms with Crippen LogP contribution in [0.1, 0.15) is 6.92 Å². The largest absolute Gasteiger partial charge is 0.326 e. The molecule has 2 aromatic rings. The highest BCUT2D eigenvalue weighted by molar-refractivity contribution is 7.89. The maximum absolute atomic E-state index is 13.5. The van der Waals surface area contributed by atoms with Crippen LogP contribution in [0.4, 0.5) is 24.5 Å². The van der Waals surface area contributed by atoms with E-state index in [9.17, 15) is 31.2 Å². The molecule has 0 unspecified atom stereocenters. The number of hydrogen-bond donors (Lipinski definition) is 3. The first-order chi connectivity index (χ1) is 12.6. The van der Waals surface area contributed by atoms with E-state index in [2.05, 4.69) is 5.32 Å². The molecule has 0 spiro atoms. The molecule has 0 bridgehead atoms. The molecule has 0 fully saturated rings. The second-order valence-corrected chi connectivity index (χ2v) is 7.07. The molecule has 0 radical (unpaired) electrons. The standard InChI is InChI=1S/C16H14F3N3O4S/c1-9(23)21-10-2-4-11(5-3-10)27(25,26)20-8-14(24)22-13-7-6-12(17)15(18)16(13)19/h2-7,20H,8H2,1H3,(H,21,23)(H,22,24). The predicted octanol–water partition coefficient (Wildman–Crippen LogP) is 1.98. The first kappa shape index (κ1) is 20.4. The molecule has 27 heavy (non-hydrogen) atoms. The molecular weight excluding hydrogens is 387 g/mol. The van der Waals surface area contributed by atoms with Crippen LogP contribution in [0, 0.1) is 17.5 Å². The van der Waals surface area contributed by atoms with Crippen molar-refractivity contribution < 1.29 is 31.2 Å². The van der Waals surface area contributed by atoms with Gasteiger partial charge < -0.3 is 10.6 Å². The Labute approximate surface area is 152 Å². The van der Waals surface area contributed by atoms with Gasteiger partial charge >= 0.3 is 0 Å². The molecule has 2 rings (SSSR count). The summed E-state index contributed by atoms with van der Waals surface area (Å²) in [6.45, 7) is 0.523. The third-order valence-corrected chi connectivity index (χ3v) is 4.63. The minimum absolute atomic E-state index is 0.177. The fourth-order valence-corrected chi connectivity index (χ4v) is 2.96. The maximum Gasteiger partial charge on any atom is 0.241 e. The van der Waals surface area contributed by atoms with E-state index in [0.717, 1.165) is 6.07 Å². The number of benzene rings is 2. The van der Waals surface area contributed by atoms with Crippen molar-refractivity contribution in [3.63, 3.8) is 0 Å². The van der Waals surface area contributed by atoms with Crippen molar-refractivity contribution in [1.29, 1.82) is 0 Å². The first-order valence-corrected chi connectivity index (χ1v) is 8.89. The van der Waals surface area contributed by atoms with Crippen LogP contribution in [-0.4, -0.2) is 26.8 Å². The van der Waals surface area contributed by atoms with Crippen molar-refractivity contribution >= 4 is 33.2 Å². The quantitative estimate of drug-likeness (QED) is 0.644. The highest BCUT2D eigenvalue weighted by Crippen LogP contribution is 2.19. The predicted molar refractivity (Wildman–Crippen MR) is 90.9 cm³/mol. The molecule has 2 amide bonds. The number of sulfonamides is 1. The molecule has 144 valence electrons. The van der Waals surface area contributed by atoms with Crippen molar-refractivity contribution in [2.24, 2.45) is 0 Å². The fraction of sp³-hybridized carbons (Fsp3) is 0.125. The van der Waals surface area contributed by atoms with Crippen molar-refractivity contribution in [1.82, 2.24) is 4.72 Å². The zero-order valence-corrected chi connectivity index (χ0v) is 14.7. The second-order valence-electron chi connectivity index (χ2n) is 5.30. The van der Waals surface area contributed by atoms with Crippen molar-refractivity contribution in [3.8, 4) is 0 Å². The molecule has 0 aliphatic heterocycles. The van der Waals surface area contributed by atoms with Crippen LogP contribution in [-0.2, 0) is 19.6 Å². The van der Waals surface area contributed by atoms with Gasteiger partial charge in [-0.2, -0.15) is 0 Å². The molecule has 7 nitrogen and oxygen atoms in total. The van der Waals surface area contributed by atoms with E-state index in [1.54, 1.807) is 0 Å². The van der Waals surface area contributed by atoms with E-state index >= 15 is 0 Å². The Morgan fingerprint density at radius 3 is 2.15 bits per heavy atom. The van der Waals surface area contributed by atoms with Gasteiger partial charge in [0.25, 0.3) is 0 Å². The number of rotatable bonds is 6. The van der Waals surface area contributed by atoms with Gasteiger partial charge in [-0.15, -0.1) is 0 Å². The van der Waals surface area contributed by atoms with E-state index in [-0.39, 0.29) is 10.8 Å². The Hall–Kier alpha value is -2.92. The number of carbonyl (C=O) groups excluding carboxylic acids is 2. The Bertz CT molecular complexity index is 979. The summed E-state index contributed by atoms with van der Waals surface area (Å²) in [5.74, 6) is -6.09. The SMILES string of the molecule is CC(=O)Nc1ccc(S(=O)(=O)NCC(=O)Nc2ccc(F)c(F)c2F)cc1. The third kappa shape index (κ3) is 5.28. The summed E-state index contributed by atoms with van der Waals surface area (Å²) in [5.41, 5.74) is -0.245. The molecule has 0 atom stereocenters. The minimum Gasteiger partial charge on any atom is -0.326 e. The number of halogens is 3. The number of nitrogens with one attached hydrogen (secondary N) is 3. The zero-order valence-electron chi connectivity index (χ0n) is 13.8. The normalized spacial score (nSPS) is 11.1. The molecule has 0 aliphatic rings. The summed E-state index contributed by atoms with van der Waals surface area (Å²) < 4.78 is 65.7.